The van der Waals surface area contributed by atoms with Crippen molar-refractivity contribution in [2.24, 2.45) is 0 Å². The Kier molecular flexibility index (Phi) is 4.62. The van der Waals surface area contributed by atoms with Gasteiger partial charge in [0.05, 0.1) is 0 Å². The summed E-state index contributed by atoms with van der Waals surface area (Å²) in [4.78, 5) is 21.5. The molecule has 5 nitrogen and oxygen atoms in total. The van der Waals surface area contributed by atoms with E-state index in [1.165, 1.54) is 12.1 Å². The third-order valence-corrected chi connectivity index (χ3v) is 4.50. The molecule has 2 heterocycles. The summed E-state index contributed by atoms with van der Waals surface area (Å²) in [5.74, 6) is 2.23. The Morgan fingerprint density at radius 2 is 2.05 bits per heavy atom. The van der Waals surface area contributed by atoms with Gasteiger partial charge in [-0.1, -0.05) is 12.1 Å². The highest BCUT2D eigenvalue weighted by atomic mass is 32.2. The van der Waals surface area contributed by atoms with E-state index in [2.05, 4.69) is 15.3 Å². The molecule has 0 aliphatic carbocycles. The molecule has 2 aromatic rings. The van der Waals surface area contributed by atoms with Crippen LogP contribution in [-0.4, -0.2) is 45.5 Å². The second-order valence-electron chi connectivity index (χ2n) is 5.01. The predicted octanol–water partition coefficient (Wildman–Crippen LogP) is 2.40. The fourth-order valence-corrected chi connectivity index (χ4v) is 3.28. The Balaban J connectivity index is 1.79. The van der Waals surface area contributed by atoms with Gasteiger partial charge < -0.3 is 15.2 Å². The van der Waals surface area contributed by atoms with E-state index in [0.29, 0.717) is 5.82 Å². The number of halogens is 1. The summed E-state index contributed by atoms with van der Waals surface area (Å²) < 4.78 is 13.1. The first-order chi connectivity index (χ1) is 10.7. The lowest BCUT2D eigenvalue weighted by Crippen LogP contribution is -2.45. The first kappa shape index (κ1) is 14.9. The standard InChI is InChI=1S/C15H17FN4OS/c16-12-3-1-11(2-4-12)13(14-17-5-6-18-14)19-15(21)20-7-9-22-10-8-20/h1-6,13H,7-10H2,(H,17,18)(H,19,21)/t13-/m0/s1. The highest BCUT2D eigenvalue weighted by molar-refractivity contribution is 7.99. The predicted molar refractivity (Wildman–Crippen MR) is 84.3 cm³/mol. The molecule has 22 heavy (non-hydrogen) atoms. The molecule has 0 bridgehead atoms. The van der Waals surface area contributed by atoms with E-state index in [1.807, 2.05) is 11.8 Å². The zero-order valence-electron chi connectivity index (χ0n) is 12.0. The molecule has 1 saturated heterocycles. The maximum absolute atomic E-state index is 13.1. The number of aromatic amines is 1. The molecule has 1 atom stereocenters. The monoisotopic (exact) mass is 320 g/mol. The number of nitrogens with one attached hydrogen (secondary N) is 2. The van der Waals surface area contributed by atoms with E-state index in [-0.39, 0.29) is 11.8 Å². The second kappa shape index (κ2) is 6.83. The number of hydrogen-bond acceptors (Lipinski definition) is 3. The number of imidazole rings is 1. The van der Waals surface area contributed by atoms with Crippen molar-refractivity contribution in [3.63, 3.8) is 0 Å². The van der Waals surface area contributed by atoms with Crippen LogP contribution in [0.1, 0.15) is 17.4 Å². The number of aromatic nitrogens is 2. The van der Waals surface area contributed by atoms with Crippen molar-refractivity contribution in [3.05, 3.63) is 53.9 Å². The summed E-state index contributed by atoms with van der Waals surface area (Å²) in [5, 5.41) is 2.99. The Morgan fingerprint density at radius 1 is 1.32 bits per heavy atom. The van der Waals surface area contributed by atoms with Crippen LogP contribution in [0, 0.1) is 5.82 Å². The third kappa shape index (κ3) is 3.41. The summed E-state index contributed by atoms with van der Waals surface area (Å²) in [6.07, 6.45) is 3.34. The van der Waals surface area contributed by atoms with Crippen LogP contribution in [0.2, 0.25) is 0 Å². The number of carbonyl (C=O) groups excluding carboxylic acids is 1. The zero-order chi connectivity index (χ0) is 15.4. The van der Waals surface area contributed by atoms with E-state index in [9.17, 15) is 9.18 Å². The van der Waals surface area contributed by atoms with Crippen LogP contribution in [0.5, 0.6) is 0 Å². The minimum Gasteiger partial charge on any atom is -0.347 e. The van der Waals surface area contributed by atoms with Gasteiger partial charge >= 0.3 is 6.03 Å². The number of carbonyl (C=O) groups is 1. The molecular weight excluding hydrogens is 303 g/mol. The van der Waals surface area contributed by atoms with Gasteiger partial charge in [-0.3, -0.25) is 0 Å². The molecular formula is C15H17FN4OS. The highest BCUT2D eigenvalue weighted by Crippen LogP contribution is 2.20. The minimum atomic E-state index is -0.419. The molecule has 7 heteroatoms. The quantitative estimate of drug-likeness (QED) is 0.913. The molecule has 1 aromatic heterocycles. The van der Waals surface area contributed by atoms with Crippen molar-refractivity contribution in [1.82, 2.24) is 20.2 Å². The molecule has 0 saturated carbocycles. The van der Waals surface area contributed by atoms with Crippen LogP contribution < -0.4 is 5.32 Å². The number of H-pyrrole nitrogens is 1. The first-order valence-electron chi connectivity index (χ1n) is 7.12. The van der Waals surface area contributed by atoms with Crippen molar-refractivity contribution in [1.29, 1.82) is 0 Å². The fraction of sp³-hybridized carbons (Fsp3) is 0.333. The van der Waals surface area contributed by atoms with Gasteiger partial charge in [0.2, 0.25) is 0 Å². The lowest BCUT2D eigenvalue weighted by Gasteiger charge is -2.28. The van der Waals surface area contributed by atoms with Gasteiger partial charge in [0.15, 0.2) is 0 Å². The molecule has 3 rings (SSSR count). The number of thioether (sulfide) groups is 1. The average molecular weight is 320 g/mol. The SMILES string of the molecule is O=C(N[C@@H](c1ccc(F)cc1)c1ncc[nH]1)N1CCSCC1. The van der Waals surface area contributed by atoms with Gasteiger partial charge in [-0.2, -0.15) is 11.8 Å². The van der Waals surface area contributed by atoms with Crippen molar-refractivity contribution in [2.75, 3.05) is 24.6 Å². The zero-order valence-corrected chi connectivity index (χ0v) is 12.8. The van der Waals surface area contributed by atoms with Gasteiger partial charge in [-0.25, -0.2) is 14.2 Å². The Labute approximate surface area is 132 Å². The number of urea groups is 1. The smallest absolute Gasteiger partial charge is 0.318 e. The maximum atomic E-state index is 13.1. The van der Waals surface area contributed by atoms with E-state index in [0.717, 1.165) is 30.2 Å². The number of rotatable bonds is 3. The number of amides is 2. The fourth-order valence-electron chi connectivity index (χ4n) is 2.38. The molecule has 1 aromatic carbocycles. The highest BCUT2D eigenvalue weighted by Gasteiger charge is 2.23. The van der Waals surface area contributed by atoms with Crippen LogP contribution >= 0.6 is 11.8 Å². The summed E-state index contributed by atoms with van der Waals surface area (Å²) in [7, 11) is 0. The van der Waals surface area contributed by atoms with Gasteiger partial charge in [0, 0.05) is 37.0 Å². The minimum absolute atomic E-state index is 0.119. The molecule has 2 amide bonds. The maximum Gasteiger partial charge on any atom is 0.318 e. The Morgan fingerprint density at radius 3 is 2.68 bits per heavy atom. The number of benzene rings is 1. The molecule has 1 fully saturated rings. The van der Waals surface area contributed by atoms with Crippen LogP contribution in [0.15, 0.2) is 36.7 Å². The molecule has 1 aliphatic rings. The molecule has 0 unspecified atom stereocenters. The average Bonchev–Trinajstić information content (AvgIpc) is 3.08. The Bertz CT molecular complexity index is 611. The summed E-state index contributed by atoms with van der Waals surface area (Å²) >= 11 is 1.85. The van der Waals surface area contributed by atoms with E-state index in [1.54, 1.807) is 29.4 Å². The third-order valence-electron chi connectivity index (χ3n) is 3.56. The molecule has 2 N–H and O–H groups in total. The van der Waals surface area contributed by atoms with Gasteiger partial charge in [0.25, 0.3) is 0 Å². The van der Waals surface area contributed by atoms with Crippen molar-refractivity contribution in [3.8, 4) is 0 Å². The summed E-state index contributed by atoms with van der Waals surface area (Å²) in [5.41, 5.74) is 0.788. The van der Waals surface area contributed by atoms with Crippen LogP contribution in [0.4, 0.5) is 9.18 Å². The van der Waals surface area contributed by atoms with Gasteiger partial charge in [0.1, 0.15) is 17.7 Å². The molecule has 116 valence electrons. The van der Waals surface area contributed by atoms with Crippen LogP contribution in [0.25, 0.3) is 0 Å². The van der Waals surface area contributed by atoms with Crippen molar-refractivity contribution >= 4 is 17.8 Å². The number of nitrogens with zero attached hydrogens (tertiary/aromatic N) is 2. The number of hydrogen-bond donors (Lipinski definition) is 2. The van der Waals surface area contributed by atoms with Gasteiger partial charge in [-0.05, 0) is 17.7 Å². The van der Waals surface area contributed by atoms with Crippen LogP contribution in [-0.2, 0) is 0 Å². The largest absolute Gasteiger partial charge is 0.347 e. The lowest BCUT2D eigenvalue weighted by atomic mass is 10.1. The first-order valence-corrected chi connectivity index (χ1v) is 8.27. The lowest BCUT2D eigenvalue weighted by molar-refractivity contribution is 0.200. The topological polar surface area (TPSA) is 61.0 Å². The van der Waals surface area contributed by atoms with E-state index < -0.39 is 6.04 Å². The van der Waals surface area contributed by atoms with E-state index >= 15 is 0 Å². The van der Waals surface area contributed by atoms with Crippen molar-refractivity contribution < 1.29 is 9.18 Å². The Hall–Kier alpha value is -2.02. The summed E-state index contributed by atoms with van der Waals surface area (Å²) in [6, 6.07) is 5.55. The van der Waals surface area contributed by atoms with Crippen molar-refractivity contribution in [2.45, 2.75) is 6.04 Å². The van der Waals surface area contributed by atoms with Crippen LogP contribution in [0.3, 0.4) is 0 Å². The van der Waals surface area contributed by atoms with E-state index in [4.69, 9.17) is 0 Å². The molecule has 0 radical (unpaired) electrons. The molecule has 0 spiro atoms. The normalized spacial score (nSPS) is 16.3. The summed E-state index contributed by atoms with van der Waals surface area (Å²) in [6.45, 7) is 1.48. The second-order valence-corrected chi connectivity index (χ2v) is 6.23. The molecule has 1 aliphatic heterocycles. The van der Waals surface area contributed by atoms with Gasteiger partial charge in [-0.15, -0.1) is 0 Å².